The second kappa shape index (κ2) is 7.08. The van der Waals surface area contributed by atoms with E-state index in [9.17, 15) is 18.0 Å². The molecule has 2 aromatic rings. The molecule has 4 rings (SSSR count). The molecule has 1 saturated heterocycles. The largest absolute Gasteiger partial charge is 0.482 e. The molecule has 2 atom stereocenters. The Morgan fingerprint density at radius 2 is 2.19 bits per heavy atom. The smallest absolute Gasteiger partial charge is 0.422 e. The summed E-state index contributed by atoms with van der Waals surface area (Å²) in [7, 11) is 0. The van der Waals surface area contributed by atoms with E-state index in [1.54, 1.807) is 6.20 Å². The van der Waals surface area contributed by atoms with Crippen molar-refractivity contribution < 1.29 is 27.4 Å². The van der Waals surface area contributed by atoms with E-state index in [2.05, 4.69) is 15.3 Å². The second-order valence-electron chi connectivity index (χ2n) is 6.50. The van der Waals surface area contributed by atoms with Crippen LogP contribution in [-0.2, 0) is 4.74 Å². The summed E-state index contributed by atoms with van der Waals surface area (Å²) in [6.45, 7) is -1.06. The zero-order chi connectivity index (χ0) is 19.0. The number of hydrogen-bond acceptors (Lipinski definition) is 6. The van der Waals surface area contributed by atoms with Crippen molar-refractivity contribution in [3.8, 4) is 5.75 Å². The Bertz CT molecular complexity index is 825. The zero-order valence-corrected chi connectivity index (χ0v) is 14.8. The number of thiazole rings is 1. The Kier molecular flexibility index (Phi) is 4.77. The number of alkyl halides is 3. The molecule has 2 fully saturated rings. The normalized spacial score (nSPS) is 22.2. The second-order valence-corrected chi connectivity index (χ2v) is 7.42. The van der Waals surface area contributed by atoms with Crippen LogP contribution in [0.5, 0.6) is 5.75 Å². The summed E-state index contributed by atoms with van der Waals surface area (Å²) in [4.78, 5) is 20.8. The molecule has 0 spiro atoms. The van der Waals surface area contributed by atoms with Gasteiger partial charge in [0, 0.05) is 17.8 Å². The van der Waals surface area contributed by atoms with Gasteiger partial charge in [-0.3, -0.25) is 4.79 Å². The third-order valence-corrected chi connectivity index (χ3v) is 5.30. The van der Waals surface area contributed by atoms with E-state index in [-0.39, 0.29) is 23.3 Å². The van der Waals surface area contributed by atoms with Crippen molar-refractivity contribution >= 4 is 17.2 Å². The Morgan fingerprint density at radius 1 is 1.37 bits per heavy atom. The highest BCUT2D eigenvalue weighted by molar-refractivity contribution is 7.09. The minimum atomic E-state index is -4.50. The molecular weight excluding hydrogens is 383 g/mol. The van der Waals surface area contributed by atoms with E-state index >= 15 is 0 Å². The van der Waals surface area contributed by atoms with Crippen molar-refractivity contribution in [2.45, 2.75) is 37.1 Å². The molecule has 1 N–H and O–H groups in total. The summed E-state index contributed by atoms with van der Waals surface area (Å²) < 4.78 is 47.9. The summed E-state index contributed by atoms with van der Waals surface area (Å²) in [5.41, 5.74) is 0.598. The lowest BCUT2D eigenvalue weighted by molar-refractivity contribution is -0.153. The average Bonchev–Trinajstić information content (AvgIpc) is 3.33. The van der Waals surface area contributed by atoms with E-state index in [0.717, 1.165) is 23.4 Å². The zero-order valence-electron chi connectivity index (χ0n) is 14.0. The molecule has 0 aromatic carbocycles. The number of halogens is 3. The number of nitrogens with one attached hydrogen (secondary N) is 1. The summed E-state index contributed by atoms with van der Waals surface area (Å²) in [5.74, 6) is -0.619. The fraction of sp³-hybridized carbons (Fsp3) is 0.471. The highest BCUT2D eigenvalue weighted by Gasteiger charge is 2.38. The maximum atomic E-state index is 12.6. The fourth-order valence-electron chi connectivity index (χ4n) is 2.79. The molecule has 2 aliphatic rings. The maximum Gasteiger partial charge on any atom is 0.422 e. The monoisotopic (exact) mass is 399 g/mol. The quantitative estimate of drug-likeness (QED) is 0.808. The first-order chi connectivity index (χ1) is 12.9. The fourth-order valence-corrected chi connectivity index (χ4v) is 3.54. The van der Waals surface area contributed by atoms with Crippen molar-refractivity contribution in [3.63, 3.8) is 0 Å². The number of hydrogen-bond donors (Lipinski definition) is 1. The van der Waals surface area contributed by atoms with Crippen molar-refractivity contribution in [1.82, 2.24) is 15.3 Å². The summed E-state index contributed by atoms with van der Waals surface area (Å²) in [6.07, 6.45) is 0.000200. The number of carbonyl (C=O) groups is 1. The molecule has 2 aromatic heterocycles. The van der Waals surface area contributed by atoms with Crippen LogP contribution >= 0.6 is 11.3 Å². The molecule has 1 aliphatic heterocycles. The van der Waals surface area contributed by atoms with Gasteiger partial charge in [-0.15, -0.1) is 11.3 Å². The third kappa shape index (κ3) is 4.22. The lowest BCUT2D eigenvalue weighted by atomic mass is 10.1. The molecule has 10 heteroatoms. The van der Waals surface area contributed by atoms with E-state index < -0.39 is 24.9 Å². The molecule has 2 unspecified atom stereocenters. The first-order valence-electron chi connectivity index (χ1n) is 8.42. The standard InChI is InChI=1S/C17H16F3N3O3S/c18-17(19,20)8-26-12-5-10(9-1-2-9)6-22-13(12)14(24)23-15-11(7-25-15)16-21-3-4-27-16/h3-6,9,11,15H,1-2,7-8H2,(H,23,24). The van der Waals surface area contributed by atoms with Gasteiger partial charge in [-0.25, -0.2) is 9.97 Å². The van der Waals surface area contributed by atoms with Crippen LogP contribution in [0.15, 0.2) is 23.8 Å². The Morgan fingerprint density at radius 3 is 2.78 bits per heavy atom. The average molecular weight is 399 g/mol. The van der Waals surface area contributed by atoms with Gasteiger partial charge in [0.15, 0.2) is 18.1 Å². The van der Waals surface area contributed by atoms with Crippen molar-refractivity contribution in [3.05, 3.63) is 40.1 Å². The Labute approximate surface area is 156 Å². The molecule has 1 amide bonds. The maximum absolute atomic E-state index is 12.6. The summed E-state index contributed by atoms with van der Waals surface area (Å²) in [6, 6.07) is 1.48. The predicted molar refractivity (Wildman–Crippen MR) is 89.8 cm³/mol. The van der Waals surface area contributed by atoms with Crippen molar-refractivity contribution in [1.29, 1.82) is 0 Å². The first-order valence-corrected chi connectivity index (χ1v) is 9.30. The summed E-state index contributed by atoms with van der Waals surface area (Å²) in [5, 5.41) is 5.31. The number of aromatic nitrogens is 2. The van der Waals surface area contributed by atoms with Gasteiger partial charge in [0.1, 0.15) is 11.2 Å². The Balaban J connectivity index is 1.50. The van der Waals surface area contributed by atoms with Crippen LogP contribution in [-0.4, -0.2) is 41.5 Å². The van der Waals surface area contributed by atoms with Gasteiger partial charge >= 0.3 is 6.18 Å². The van der Waals surface area contributed by atoms with Gasteiger partial charge in [-0.1, -0.05) is 0 Å². The number of rotatable bonds is 6. The molecule has 1 saturated carbocycles. The van der Waals surface area contributed by atoms with Gasteiger partial charge in [-0.2, -0.15) is 13.2 Å². The number of ether oxygens (including phenoxy) is 2. The first kappa shape index (κ1) is 18.2. The van der Waals surface area contributed by atoms with Crippen LogP contribution in [0.1, 0.15) is 45.7 Å². The van der Waals surface area contributed by atoms with Gasteiger partial charge in [0.2, 0.25) is 0 Å². The molecule has 27 heavy (non-hydrogen) atoms. The van der Waals surface area contributed by atoms with E-state index in [1.807, 2.05) is 5.38 Å². The van der Waals surface area contributed by atoms with E-state index in [4.69, 9.17) is 9.47 Å². The van der Waals surface area contributed by atoms with Gasteiger partial charge in [0.25, 0.3) is 5.91 Å². The third-order valence-electron chi connectivity index (χ3n) is 4.39. The predicted octanol–water partition coefficient (Wildman–Crippen LogP) is 3.23. The Hall–Kier alpha value is -2.20. The van der Waals surface area contributed by atoms with Crippen LogP contribution in [0.2, 0.25) is 0 Å². The van der Waals surface area contributed by atoms with Crippen LogP contribution in [0, 0.1) is 0 Å². The van der Waals surface area contributed by atoms with E-state index in [0.29, 0.717) is 6.61 Å². The molecule has 3 heterocycles. The van der Waals surface area contributed by atoms with E-state index in [1.165, 1.54) is 23.6 Å². The molecule has 0 bridgehead atoms. The van der Waals surface area contributed by atoms with Crippen LogP contribution in [0.25, 0.3) is 0 Å². The van der Waals surface area contributed by atoms with Gasteiger partial charge < -0.3 is 14.8 Å². The number of carbonyl (C=O) groups excluding carboxylic acids is 1. The summed E-state index contributed by atoms with van der Waals surface area (Å²) >= 11 is 1.45. The lowest BCUT2D eigenvalue weighted by Crippen LogP contribution is -2.50. The minimum absolute atomic E-state index is 0.0840. The topological polar surface area (TPSA) is 73.3 Å². The molecule has 1 aliphatic carbocycles. The minimum Gasteiger partial charge on any atom is -0.482 e. The SMILES string of the molecule is O=C(NC1OCC1c1nccs1)c1ncc(C2CC2)cc1OCC(F)(F)F. The van der Waals surface area contributed by atoms with Gasteiger partial charge in [-0.05, 0) is 30.4 Å². The lowest BCUT2D eigenvalue weighted by Gasteiger charge is -2.35. The van der Waals surface area contributed by atoms with Crippen LogP contribution < -0.4 is 10.1 Å². The molecule has 0 radical (unpaired) electrons. The number of nitrogens with zero attached hydrogens (tertiary/aromatic N) is 2. The molecular formula is C17H16F3N3O3S. The highest BCUT2D eigenvalue weighted by atomic mass is 32.1. The molecule has 144 valence electrons. The highest BCUT2D eigenvalue weighted by Crippen LogP contribution is 2.41. The van der Waals surface area contributed by atoms with Crippen LogP contribution in [0.4, 0.5) is 13.2 Å². The molecule has 6 nitrogen and oxygen atoms in total. The van der Waals surface area contributed by atoms with Crippen molar-refractivity contribution in [2.75, 3.05) is 13.2 Å². The number of pyridine rings is 1. The van der Waals surface area contributed by atoms with Crippen molar-refractivity contribution in [2.24, 2.45) is 0 Å². The van der Waals surface area contributed by atoms with Gasteiger partial charge in [0.05, 0.1) is 12.5 Å². The van der Waals surface area contributed by atoms with Crippen LogP contribution in [0.3, 0.4) is 0 Å². The number of amides is 1.